The normalized spacial score (nSPS) is 18.5. The highest BCUT2D eigenvalue weighted by molar-refractivity contribution is 7.89. The van der Waals surface area contributed by atoms with E-state index in [0.717, 1.165) is 56.8 Å². The van der Waals surface area contributed by atoms with Crippen LogP contribution in [0.25, 0.3) is 0 Å². The molecule has 6 heteroatoms. The molecule has 0 atom stereocenters. The fraction of sp³-hybridized carbons (Fsp3) is 0.455. The molecule has 2 aromatic carbocycles. The molecule has 1 heterocycles. The molecule has 1 aliphatic carbocycles. The third-order valence-corrected chi connectivity index (χ3v) is 7.26. The molecule has 0 spiro atoms. The predicted octanol–water partition coefficient (Wildman–Crippen LogP) is 3.12. The Morgan fingerprint density at radius 2 is 1.61 bits per heavy atom. The van der Waals surface area contributed by atoms with Crippen LogP contribution >= 0.6 is 0 Å². The molecule has 1 saturated carbocycles. The molecule has 0 aromatic heterocycles. The molecule has 0 bridgehead atoms. The Morgan fingerprint density at radius 3 is 2.25 bits per heavy atom. The fourth-order valence-electron chi connectivity index (χ4n) is 3.56. The molecule has 0 amide bonds. The van der Waals surface area contributed by atoms with Crippen LogP contribution in [0.15, 0.2) is 59.5 Å². The monoisotopic (exact) mass is 400 g/mol. The lowest BCUT2D eigenvalue weighted by molar-refractivity contribution is 0.0342. The number of hydrogen-bond donors (Lipinski definition) is 0. The maximum atomic E-state index is 13.3. The van der Waals surface area contributed by atoms with Crippen molar-refractivity contribution in [2.75, 3.05) is 32.8 Å². The Kier molecular flexibility index (Phi) is 6.11. The first-order chi connectivity index (χ1) is 13.6. The van der Waals surface area contributed by atoms with E-state index in [0.29, 0.717) is 23.9 Å². The molecule has 2 aromatic rings. The van der Waals surface area contributed by atoms with Gasteiger partial charge in [-0.25, -0.2) is 8.42 Å². The van der Waals surface area contributed by atoms with Crippen LogP contribution in [0.3, 0.4) is 0 Å². The van der Waals surface area contributed by atoms with Gasteiger partial charge in [0.2, 0.25) is 10.0 Å². The second kappa shape index (κ2) is 8.74. The molecule has 150 valence electrons. The van der Waals surface area contributed by atoms with Gasteiger partial charge in [0.25, 0.3) is 0 Å². The minimum Gasteiger partial charge on any atom is -0.379 e. The smallest absolute Gasteiger partial charge is 0.243 e. The summed E-state index contributed by atoms with van der Waals surface area (Å²) in [7, 11) is -3.50. The van der Waals surface area contributed by atoms with Crippen molar-refractivity contribution in [2.45, 2.75) is 30.8 Å². The summed E-state index contributed by atoms with van der Waals surface area (Å²) in [6.45, 7) is 5.24. The minimum absolute atomic E-state index is 0.384. The van der Waals surface area contributed by atoms with E-state index in [1.165, 1.54) is 0 Å². The standard InChI is InChI=1S/C22H28N2O3S/c25-28(26,24(18-21-6-7-21)17-19-4-2-1-3-5-19)22-10-8-20(9-11-22)16-23-12-14-27-15-13-23/h1-5,8-11,21H,6-7,12-18H2. The average Bonchev–Trinajstić information content (AvgIpc) is 3.54. The first-order valence-electron chi connectivity index (χ1n) is 10.0. The van der Waals surface area contributed by atoms with E-state index in [4.69, 9.17) is 4.74 Å². The maximum absolute atomic E-state index is 13.3. The zero-order valence-electron chi connectivity index (χ0n) is 16.2. The summed E-state index contributed by atoms with van der Waals surface area (Å²) in [6.07, 6.45) is 2.25. The molecule has 1 saturated heterocycles. The second-order valence-corrected chi connectivity index (χ2v) is 9.70. The van der Waals surface area contributed by atoms with Crippen LogP contribution in [-0.4, -0.2) is 50.5 Å². The van der Waals surface area contributed by atoms with E-state index >= 15 is 0 Å². The summed E-state index contributed by atoms with van der Waals surface area (Å²) >= 11 is 0. The van der Waals surface area contributed by atoms with Crippen molar-refractivity contribution in [3.63, 3.8) is 0 Å². The van der Waals surface area contributed by atoms with E-state index in [-0.39, 0.29) is 0 Å². The number of morpholine rings is 1. The van der Waals surface area contributed by atoms with Crippen molar-refractivity contribution in [1.29, 1.82) is 0 Å². The van der Waals surface area contributed by atoms with Crippen LogP contribution in [0.1, 0.15) is 24.0 Å². The highest BCUT2D eigenvalue weighted by Gasteiger charge is 2.31. The molecule has 2 fully saturated rings. The van der Waals surface area contributed by atoms with Crippen LogP contribution < -0.4 is 0 Å². The highest BCUT2D eigenvalue weighted by Crippen LogP contribution is 2.32. The van der Waals surface area contributed by atoms with Gasteiger partial charge in [0.1, 0.15) is 0 Å². The van der Waals surface area contributed by atoms with Crippen LogP contribution in [0.4, 0.5) is 0 Å². The van der Waals surface area contributed by atoms with Gasteiger partial charge in [0, 0.05) is 32.7 Å². The number of nitrogens with zero attached hydrogens (tertiary/aromatic N) is 2. The van der Waals surface area contributed by atoms with Gasteiger partial charge in [0.05, 0.1) is 18.1 Å². The van der Waals surface area contributed by atoms with Crippen molar-refractivity contribution in [3.8, 4) is 0 Å². The summed E-state index contributed by atoms with van der Waals surface area (Å²) in [5.41, 5.74) is 2.16. The molecular formula is C22H28N2O3S. The van der Waals surface area contributed by atoms with Gasteiger partial charge in [-0.05, 0) is 42.0 Å². The van der Waals surface area contributed by atoms with Gasteiger partial charge in [-0.2, -0.15) is 4.31 Å². The SMILES string of the molecule is O=S(=O)(c1ccc(CN2CCOCC2)cc1)N(Cc1ccccc1)CC1CC1. The average molecular weight is 401 g/mol. The Labute approximate surface area is 168 Å². The van der Waals surface area contributed by atoms with Gasteiger partial charge in [-0.1, -0.05) is 42.5 Å². The lowest BCUT2D eigenvalue weighted by atomic mass is 10.2. The maximum Gasteiger partial charge on any atom is 0.243 e. The summed E-state index contributed by atoms with van der Waals surface area (Å²) < 4.78 is 33.6. The predicted molar refractivity (Wildman–Crippen MR) is 109 cm³/mol. The van der Waals surface area contributed by atoms with Crippen molar-refractivity contribution in [1.82, 2.24) is 9.21 Å². The van der Waals surface area contributed by atoms with E-state index < -0.39 is 10.0 Å². The third kappa shape index (κ3) is 5.00. The Hall–Kier alpha value is -1.73. The minimum atomic E-state index is -3.50. The first-order valence-corrected chi connectivity index (χ1v) is 11.5. The van der Waals surface area contributed by atoms with Crippen molar-refractivity contribution in [3.05, 3.63) is 65.7 Å². The van der Waals surface area contributed by atoms with Gasteiger partial charge < -0.3 is 4.74 Å². The molecule has 0 radical (unpaired) electrons. The molecule has 5 nitrogen and oxygen atoms in total. The van der Waals surface area contributed by atoms with Crippen LogP contribution in [-0.2, 0) is 27.8 Å². The highest BCUT2D eigenvalue weighted by atomic mass is 32.2. The zero-order chi connectivity index (χ0) is 19.4. The van der Waals surface area contributed by atoms with Crippen molar-refractivity contribution < 1.29 is 13.2 Å². The second-order valence-electron chi connectivity index (χ2n) is 7.76. The van der Waals surface area contributed by atoms with Gasteiger partial charge in [-0.15, -0.1) is 0 Å². The molecule has 1 aliphatic heterocycles. The van der Waals surface area contributed by atoms with E-state index in [2.05, 4.69) is 4.90 Å². The third-order valence-electron chi connectivity index (χ3n) is 5.43. The quantitative estimate of drug-likeness (QED) is 0.683. The van der Waals surface area contributed by atoms with Crippen LogP contribution in [0.2, 0.25) is 0 Å². The Bertz CT molecular complexity index is 858. The lowest BCUT2D eigenvalue weighted by Crippen LogP contribution is -2.35. The zero-order valence-corrected chi connectivity index (χ0v) is 17.0. The summed E-state index contributed by atoms with van der Waals surface area (Å²) in [5.74, 6) is 0.499. The number of benzene rings is 2. The van der Waals surface area contributed by atoms with E-state index in [1.807, 2.05) is 42.5 Å². The Morgan fingerprint density at radius 1 is 0.929 bits per heavy atom. The lowest BCUT2D eigenvalue weighted by Gasteiger charge is -2.26. The van der Waals surface area contributed by atoms with E-state index in [9.17, 15) is 8.42 Å². The molecule has 2 aliphatic rings. The molecule has 0 unspecified atom stereocenters. The molecule has 0 N–H and O–H groups in total. The van der Waals surface area contributed by atoms with Gasteiger partial charge >= 0.3 is 0 Å². The first kappa shape index (κ1) is 19.6. The van der Waals surface area contributed by atoms with Crippen LogP contribution in [0, 0.1) is 5.92 Å². The largest absolute Gasteiger partial charge is 0.379 e. The summed E-state index contributed by atoms with van der Waals surface area (Å²) in [5, 5.41) is 0. The van der Waals surface area contributed by atoms with Crippen molar-refractivity contribution in [2.24, 2.45) is 5.92 Å². The molecule has 28 heavy (non-hydrogen) atoms. The number of hydrogen-bond acceptors (Lipinski definition) is 4. The van der Waals surface area contributed by atoms with Gasteiger partial charge in [-0.3, -0.25) is 4.90 Å². The molecule has 4 rings (SSSR count). The number of sulfonamides is 1. The van der Waals surface area contributed by atoms with Gasteiger partial charge in [0.15, 0.2) is 0 Å². The van der Waals surface area contributed by atoms with Crippen molar-refractivity contribution >= 4 is 10.0 Å². The number of rotatable bonds is 8. The summed E-state index contributed by atoms with van der Waals surface area (Å²) in [4.78, 5) is 2.72. The fourth-order valence-corrected chi connectivity index (χ4v) is 5.06. The van der Waals surface area contributed by atoms with E-state index in [1.54, 1.807) is 16.4 Å². The van der Waals surface area contributed by atoms with Crippen LogP contribution in [0.5, 0.6) is 0 Å². The Balaban J connectivity index is 1.49. The topological polar surface area (TPSA) is 49.9 Å². The number of ether oxygens (including phenoxy) is 1. The molecular weight excluding hydrogens is 372 g/mol. The summed E-state index contributed by atoms with van der Waals surface area (Å²) in [6, 6.07) is 17.2.